The van der Waals surface area contributed by atoms with E-state index < -0.39 is 0 Å². The maximum absolute atomic E-state index is 13.6. The summed E-state index contributed by atoms with van der Waals surface area (Å²) in [6.45, 7) is 2.99. The van der Waals surface area contributed by atoms with Gasteiger partial charge in [0, 0.05) is 10.5 Å². The van der Waals surface area contributed by atoms with Crippen LogP contribution in [0.2, 0.25) is 0 Å². The van der Waals surface area contributed by atoms with Gasteiger partial charge in [0.25, 0.3) is 0 Å². The molecule has 0 saturated heterocycles. The highest BCUT2D eigenvalue weighted by Gasteiger charge is 2.13. The lowest BCUT2D eigenvalue weighted by atomic mass is 9.99. The summed E-state index contributed by atoms with van der Waals surface area (Å²) in [5, 5.41) is 3.49. The minimum atomic E-state index is -0.204. The van der Waals surface area contributed by atoms with Crippen LogP contribution in [-0.2, 0) is 12.8 Å². The van der Waals surface area contributed by atoms with Gasteiger partial charge < -0.3 is 5.32 Å². The molecule has 112 valence electrons. The number of halogens is 3. The van der Waals surface area contributed by atoms with Crippen molar-refractivity contribution in [3.05, 3.63) is 68.4 Å². The molecular weight excluding hydrogens is 397 g/mol. The maximum atomic E-state index is 13.6. The predicted octanol–water partition coefficient (Wildman–Crippen LogP) is 5.11. The van der Waals surface area contributed by atoms with Crippen molar-refractivity contribution in [2.24, 2.45) is 0 Å². The molecule has 2 rings (SSSR count). The molecule has 1 N–H and O–H groups in total. The molecule has 0 aliphatic heterocycles. The molecule has 0 heterocycles. The Bertz CT molecular complexity index is 601. The molecule has 2 aromatic carbocycles. The van der Waals surface area contributed by atoms with E-state index in [0.29, 0.717) is 4.47 Å². The summed E-state index contributed by atoms with van der Waals surface area (Å²) in [6, 6.07) is 13.8. The van der Waals surface area contributed by atoms with Crippen LogP contribution in [0.15, 0.2) is 51.4 Å². The van der Waals surface area contributed by atoms with Crippen LogP contribution in [0.25, 0.3) is 0 Å². The van der Waals surface area contributed by atoms with Gasteiger partial charge >= 0.3 is 0 Å². The van der Waals surface area contributed by atoms with Crippen LogP contribution in [0.5, 0.6) is 0 Å². The summed E-state index contributed by atoms with van der Waals surface area (Å²) >= 11 is 6.85. The number of likely N-dealkylation sites (N-methyl/N-ethyl adjacent to an activating group) is 1. The molecule has 0 aliphatic carbocycles. The van der Waals surface area contributed by atoms with E-state index in [4.69, 9.17) is 0 Å². The second-order valence-corrected chi connectivity index (χ2v) is 6.71. The van der Waals surface area contributed by atoms with Gasteiger partial charge in [-0.15, -0.1) is 0 Å². The minimum absolute atomic E-state index is 0.204. The van der Waals surface area contributed by atoms with Gasteiger partial charge in [-0.2, -0.15) is 0 Å². The third-order valence-corrected chi connectivity index (χ3v) is 4.74. The van der Waals surface area contributed by atoms with Gasteiger partial charge in [0.05, 0.1) is 4.47 Å². The lowest BCUT2D eigenvalue weighted by Gasteiger charge is -2.19. The molecule has 0 amide bonds. The van der Waals surface area contributed by atoms with Crippen molar-refractivity contribution in [2.45, 2.75) is 25.8 Å². The van der Waals surface area contributed by atoms with Gasteiger partial charge in [-0.05, 0) is 64.6 Å². The molecule has 1 unspecified atom stereocenters. The zero-order valence-electron chi connectivity index (χ0n) is 11.9. The average molecular weight is 415 g/mol. The molecule has 0 fully saturated rings. The smallest absolute Gasteiger partial charge is 0.137 e. The number of rotatable bonds is 6. The maximum Gasteiger partial charge on any atom is 0.137 e. The van der Waals surface area contributed by atoms with Gasteiger partial charge in [0.1, 0.15) is 5.82 Å². The van der Waals surface area contributed by atoms with Crippen molar-refractivity contribution in [1.82, 2.24) is 5.32 Å². The van der Waals surface area contributed by atoms with Crippen LogP contribution in [0.3, 0.4) is 0 Å². The fraction of sp³-hybridized carbons (Fsp3) is 0.294. The summed E-state index contributed by atoms with van der Waals surface area (Å²) < 4.78 is 15.3. The molecule has 21 heavy (non-hydrogen) atoms. The van der Waals surface area contributed by atoms with Crippen LogP contribution in [0.1, 0.15) is 18.1 Å². The highest BCUT2D eigenvalue weighted by Crippen LogP contribution is 2.23. The Balaban J connectivity index is 2.13. The first-order chi connectivity index (χ1) is 10.1. The van der Waals surface area contributed by atoms with Crippen molar-refractivity contribution < 1.29 is 4.39 Å². The molecule has 0 saturated carbocycles. The summed E-state index contributed by atoms with van der Waals surface area (Å²) in [7, 11) is 0. The normalized spacial score (nSPS) is 12.4. The second kappa shape index (κ2) is 8.06. The number of hydrogen-bond donors (Lipinski definition) is 1. The summed E-state index contributed by atoms with van der Waals surface area (Å²) in [5.74, 6) is -0.204. The SMILES string of the molecule is CCNC(Cc1cccc(Br)c1)Cc1cccc(F)c1Br. The zero-order valence-corrected chi connectivity index (χ0v) is 15.0. The van der Waals surface area contributed by atoms with Gasteiger partial charge in [-0.3, -0.25) is 0 Å². The van der Waals surface area contributed by atoms with Gasteiger partial charge in [0.2, 0.25) is 0 Å². The van der Waals surface area contributed by atoms with Crippen LogP contribution in [0.4, 0.5) is 4.39 Å². The van der Waals surface area contributed by atoms with Crippen molar-refractivity contribution >= 4 is 31.9 Å². The second-order valence-electron chi connectivity index (χ2n) is 5.01. The van der Waals surface area contributed by atoms with E-state index in [1.807, 2.05) is 18.2 Å². The highest BCUT2D eigenvalue weighted by molar-refractivity contribution is 9.10. The number of benzene rings is 2. The van der Waals surface area contributed by atoms with Gasteiger partial charge in [0.15, 0.2) is 0 Å². The van der Waals surface area contributed by atoms with Crippen molar-refractivity contribution in [2.75, 3.05) is 6.54 Å². The van der Waals surface area contributed by atoms with Crippen molar-refractivity contribution in [3.8, 4) is 0 Å². The van der Waals surface area contributed by atoms with Crippen LogP contribution in [0, 0.1) is 5.82 Å². The molecule has 0 aromatic heterocycles. The van der Waals surface area contributed by atoms with E-state index >= 15 is 0 Å². The first-order valence-electron chi connectivity index (χ1n) is 7.01. The van der Waals surface area contributed by atoms with Gasteiger partial charge in [-0.1, -0.05) is 47.1 Å². The van der Waals surface area contributed by atoms with E-state index in [0.717, 1.165) is 29.4 Å². The van der Waals surface area contributed by atoms with E-state index in [-0.39, 0.29) is 11.9 Å². The van der Waals surface area contributed by atoms with E-state index in [1.165, 1.54) is 11.6 Å². The Morgan fingerprint density at radius 3 is 2.57 bits per heavy atom. The summed E-state index contributed by atoms with van der Waals surface area (Å²) in [5.41, 5.74) is 2.26. The van der Waals surface area contributed by atoms with Crippen LogP contribution >= 0.6 is 31.9 Å². The van der Waals surface area contributed by atoms with Crippen molar-refractivity contribution in [1.29, 1.82) is 0 Å². The first-order valence-corrected chi connectivity index (χ1v) is 8.59. The first kappa shape index (κ1) is 16.7. The van der Waals surface area contributed by atoms with Gasteiger partial charge in [-0.25, -0.2) is 4.39 Å². The molecule has 0 bridgehead atoms. The van der Waals surface area contributed by atoms with E-state index in [9.17, 15) is 4.39 Å². The van der Waals surface area contributed by atoms with Crippen LogP contribution < -0.4 is 5.32 Å². The standard InChI is InChI=1S/C17H18Br2FN/c1-2-21-15(10-12-5-3-7-14(18)9-12)11-13-6-4-8-16(20)17(13)19/h3-9,15,21H,2,10-11H2,1H3. The molecule has 0 spiro atoms. The third kappa shape index (κ3) is 4.90. The molecule has 4 heteroatoms. The fourth-order valence-corrected chi connectivity index (χ4v) is 3.30. The highest BCUT2D eigenvalue weighted by atomic mass is 79.9. The lowest BCUT2D eigenvalue weighted by Crippen LogP contribution is -2.33. The lowest BCUT2D eigenvalue weighted by molar-refractivity contribution is 0.518. The molecule has 1 atom stereocenters. The number of nitrogens with one attached hydrogen (secondary N) is 1. The quantitative estimate of drug-likeness (QED) is 0.692. The summed E-state index contributed by atoms with van der Waals surface area (Å²) in [4.78, 5) is 0. The molecule has 1 nitrogen and oxygen atoms in total. The summed E-state index contributed by atoms with van der Waals surface area (Å²) in [6.07, 6.45) is 1.70. The largest absolute Gasteiger partial charge is 0.314 e. The monoisotopic (exact) mass is 413 g/mol. The molecule has 2 aromatic rings. The van der Waals surface area contributed by atoms with E-state index in [1.54, 1.807) is 6.07 Å². The topological polar surface area (TPSA) is 12.0 Å². The molecule has 0 aliphatic rings. The number of hydrogen-bond acceptors (Lipinski definition) is 1. The van der Waals surface area contributed by atoms with E-state index in [2.05, 4.69) is 56.2 Å². The third-order valence-electron chi connectivity index (χ3n) is 3.36. The molecular formula is C17H18Br2FN. The Labute approximate surface area is 142 Å². The Morgan fingerprint density at radius 1 is 1.10 bits per heavy atom. The zero-order chi connectivity index (χ0) is 15.2. The molecule has 0 radical (unpaired) electrons. The van der Waals surface area contributed by atoms with Crippen molar-refractivity contribution in [3.63, 3.8) is 0 Å². The Hall–Kier alpha value is -0.710. The Kier molecular flexibility index (Phi) is 6.40. The van der Waals surface area contributed by atoms with Crippen LogP contribution in [-0.4, -0.2) is 12.6 Å². The predicted molar refractivity (Wildman–Crippen MR) is 93.1 cm³/mol. The average Bonchev–Trinajstić information content (AvgIpc) is 2.44. The Morgan fingerprint density at radius 2 is 1.86 bits per heavy atom. The fourth-order valence-electron chi connectivity index (χ4n) is 2.43. The minimum Gasteiger partial charge on any atom is -0.314 e.